The molecule has 0 saturated carbocycles. The topological polar surface area (TPSA) is 38.8 Å². The Labute approximate surface area is 114 Å². The molecule has 0 aliphatic carbocycles. The van der Waals surface area contributed by atoms with Crippen LogP contribution in [0.1, 0.15) is 17.7 Å². The Hall–Kier alpha value is -1.27. The van der Waals surface area contributed by atoms with Gasteiger partial charge in [0.05, 0.1) is 0 Å². The van der Waals surface area contributed by atoms with Gasteiger partial charge in [-0.3, -0.25) is 9.69 Å². The molecule has 0 N–H and O–H groups in total. The quantitative estimate of drug-likeness (QED) is 0.778. The van der Waals surface area contributed by atoms with Crippen molar-refractivity contribution in [2.45, 2.75) is 12.2 Å². The first kappa shape index (κ1) is 11.8. The third-order valence-corrected chi connectivity index (χ3v) is 4.59. The molecule has 1 aromatic carbocycles. The van der Waals surface area contributed by atoms with Crippen molar-refractivity contribution in [3.63, 3.8) is 0 Å². The highest BCUT2D eigenvalue weighted by Gasteiger charge is 2.37. The Morgan fingerprint density at radius 1 is 1.44 bits per heavy atom. The second kappa shape index (κ2) is 4.44. The summed E-state index contributed by atoms with van der Waals surface area (Å²) in [6.07, 6.45) is 0. The molecule has 1 atom stereocenters. The fourth-order valence-electron chi connectivity index (χ4n) is 2.02. The van der Waals surface area contributed by atoms with Gasteiger partial charge in [0.2, 0.25) is 12.7 Å². The van der Waals surface area contributed by atoms with Gasteiger partial charge in [0.25, 0.3) is 0 Å². The highest BCUT2D eigenvalue weighted by molar-refractivity contribution is 8.24. The van der Waals surface area contributed by atoms with Gasteiger partial charge in [-0.1, -0.05) is 30.0 Å². The maximum Gasteiger partial charge on any atom is 0.246 e. The van der Waals surface area contributed by atoms with Gasteiger partial charge in [0.1, 0.15) is 9.57 Å². The molecule has 1 amide bonds. The van der Waals surface area contributed by atoms with Gasteiger partial charge in [-0.05, 0) is 24.6 Å². The molecule has 4 nitrogen and oxygen atoms in total. The number of likely N-dealkylation sites (N-methyl/N-ethyl adjacent to an activating group) is 1. The van der Waals surface area contributed by atoms with Crippen molar-refractivity contribution >= 4 is 34.2 Å². The zero-order chi connectivity index (χ0) is 12.7. The zero-order valence-corrected chi connectivity index (χ0v) is 11.3. The maximum absolute atomic E-state index is 12.2. The summed E-state index contributed by atoms with van der Waals surface area (Å²) in [7, 11) is 0. The van der Waals surface area contributed by atoms with E-state index in [1.807, 2.05) is 25.1 Å². The van der Waals surface area contributed by atoms with E-state index < -0.39 is 0 Å². The lowest BCUT2D eigenvalue weighted by Gasteiger charge is -2.12. The van der Waals surface area contributed by atoms with Crippen LogP contribution in [0.2, 0.25) is 0 Å². The Balaban J connectivity index is 1.92. The summed E-state index contributed by atoms with van der Waals surface area (Å²) in [5.74, 6) is 1.47. The lowest BCUT2D eigenvalue weighted by atomic mass is 10.1. The molecule has 1 unspecified atom stereocenters. The van der Waals surface area contributed by atoms with E-state index in [1.165, 1.54) is 11.8 Å². The molecule has 2 aliphatic rings. The summed E-state index contributed by atoms with van der Waals surface area (Å²) >= 11 is 6.62. The molecule has 0 spiro atoms. The molecule has 3 rings (SSSR count). The van der Waals surface area contributed by atoms with Crippen LogP contribution in [0.25, 0.3) is 0 Å². The number of carbonyl (C=O) groups excluding carboxylic acids is 1. The monoisotopic (exact) mass is 281 g/mol. The average molecular weight is 281 g/mol. The van der Waals surface area contributed by atoms with Gasteiger partial charge in [-0.25, -0.2) is 0 Å². The minimum absolute atomic E-state index is 0.0476. The normalized spacial score (nSPS) is 21.8. The Morgan fingerprint density at radius 3 is 2.94 bits per heavy atom. The summed E-state index contributed by atoms with van der Waals surface area (Å²) in [6.45, 7) is 2.78. The highest BCUT2D eigenvalue weighted by Crippen LogP contribution is 2.42. The number of fused-ring (bicyclic) bond motifs is 1. The minimum Gasteiger partial charge on any atom is -0.454 e. The van der Waals surface area contributed by atoms with E-state index in [-0.39, 0.29) is 18.0 Å². The zero-order valence-electron chi connectivity index (χ0n) is 9.71. The molecule has 2 aliphatic heterocycles. The largest absolute Gasteiger partial charge is 0.454 e. The van der Waals surface area contributed by atoms with Crippen LogP contribution in [-0.4, -0.2) is 28.5 Å². The lowest BCUT2D eigenvalue weighted by Crippen LogP contribution is -2.28. The number of thiocarbonyl (C=S) groups is 1. The Bertz CT molecular complexity index is 532. The standard InChI is InChI=1S/C12H11NO3S2/c1-2-13-11(14)10(18-12(13)17)7-3-4-8-9(5-7)16-6-15-8/h3-5,10H,2,6H2,1H3. The van der Waals surface area contributed by atoms with Gasteiger partial charge in [0, 0.05) is 6.54 Å². The van der Waals surface area contributed by atoms with Crippen LogP contribution in [0, 0.1) is 0 Å². The Kier molecular flexibility index (Phi) is 2.91. The fourth-order valence-corrected chi connectivity index (χ4v) is 3.58. The van der Waals surface area contributed by atoms with Crippen molar-refractivity contribution in [3.05, 3.63) is 23.8 Å². The van der Waals surface area contributed by atoms with E-state index in [2.05, 4.69) is 0 Å². The molecule has 1 saturated heterocycles. The SMILES string of the molecule is CCN1C(=O)C(c2ccc3c(c2)OCO3)SC1=S. The molecule has 1 fully saturated rings. The van der Waals surface area contributed by atoms with Gasteiger partial charge in [-0.2, -0.15) is 0 Å². The predicted molar refractivity (Wildman–Crippen MR) is 72.9 cm³/mol. The Morgan fingerprint density at radius 2 is 2.22 bits per heavy atom. The molecule has 94 valence electrons. The molecular weight excluding hydrogens is 270 g/mol. The van der Waals surface area contributed by atoms with E-state index >= 15 is 0 Å². The lowest BCUT2D eigenvalue weighted by molar-refractivity contribution is -0.126. The minimum atomic E-state index is -0.257. The van der Waals surface area contributed by atoms with Crippen LogP contribution in [0.4, 0.5) is 0 Å². The van der Waals surface area contributed by atoms with Crippen LogP contribution in [0.3, 0.4) is 0 Å². The molecule has 6 heteroatoms. The molecular formula is C12H11NO3S2. The van der Waals surface area contributed by atoms with Crippen LogP contribution in [-0.2, 0) is 4.79 Å². The number of hydrogen-bond donors (Lipinski definition) is 0. The average Bonchev–Trinajstić information content (AvgIpc) is 2.93. The number of nitrogens with zero attached hydrogens (tertiary/aromatic N) is 1. The first-order valence-corrected chi connectivity index (χ1v) is 6.91. The van der Waals surface area contributed by atoms with Crippen LogP contribution in [0.15, 0.2) is 18.2 Å². The van der Waals surface area contributed by atoms with E-state index in [4.69, 9.17) is 21.7 Å². The van der Waals surface area contributed by atoms with Crippen molar-refractivity contribution in [1.82, 2.24) is 4.90 Å². The smallest absolute Gasteiger partial charge is 0.246 e. The number of amides is 1. The van der Waals surface area contributed by atoms with Gasteiger partial charge in [0.15, 0.2) is 11.5 Å². The molecule has 0 radical (unpaired) electrons. The third kappa shape index (κ3) is 1.76. The molecule has 18 heavy (non-hydrogen) atoms. The molecule has 0 bridgehead atoms. The first-order valence-electron chi connectivity index (χ1n) is 5.62. The molecule has 1 aromatic rings. The van der Waals surface area contributed by atoms with Gasteiger partial charge < -0.3 is 9.47 Å². The van der Waals surface area contributed by atoms with Crippen molar-refractivity contribution < 1.29 is 14.3 Å². The van der Waals surface area contributed by atoms with E-state index in [0.717, 1.165) is 11.3 Å². The molecule has 0 aromatic heterocycles. The molecule has 2 heterocycles. The number of carbonyl (C=O) groups is 1. The van der Waals surface area contributed by atoms with Crippen LogP contribution in [0.5, 0.6) is 11.5 Å². The van der Waals surface area contributed by atoms with Crippen LogP contribution >= 0.6 is 24.0 Å². The van der Waals surface area contributed by atoms with Crippen molar-refractivity contribution in [2.24, 2.45) is 0 Å². The fraction of sp³-hybridized carbons (Fsp3) is 0.333. The second-order valence-corrected chi connectivity index (χ2v) is 5.70. The van der Waals surface area contributed by atoms with Crippen molar-refractivity contribution in [1.29, 1.82) is 0 Å². The van der Waals surface area contributed by atoms with Gasteiger partial charge in [-0.15, -0.1) is 0 Å². The summed E-state index contributed by atoms with van der Waals surface area (Å²) in [6, 6.07) is 5.59. The summed E-state index contributed by atoms with van der Waals surface area (Å²) in [4.78, 5) is 13.8. The van der Waals surface area contributed by atoms with Crippen LogP contribution < -0.4 is 9.47 Å². The van der Waals surface area contributed by atoms with E-state index in [0.29, 0.717) is 16.6 Å². The summed E-state index contributed by atoms with van der Waals surface area (Å²) in [5.41, 5.74) is 0.910. The van der Waals surface area contributed by atoms with Crippen molar-refractivity contribution in [3.8, 4) is 11.5 Å². The second-order valence-electron chi connectivity index (χ2n) is 3.96. The van der Waals surface area contributed by atoms with Gasteiger partial charge >= 0.3 is 0 Å². The first-order chi connectivity index (χ1) is 8.70. The number of rotatable bonds is 2. The number of ether oxygens (including phenoxy) is 2. The number of thioether (sulfide) groups is 1. The maximum atomic E-state index is 12.2. The van der Waals surface area contributed by atoms with E-state index in [1.54, 1.807) is 4.90 Å². The third-order valence-electron chi connectivity index (χ3n) is 2.94. The summed E-state index contributed by atoms with van der Waals surface area (Å²) in [5, 5.41) is -0.257. The number of hydrogen-bond acceptors (Lipinski definition) is 5. The highest BCUT2D eigenvalue weighted by atomic mass is 32.2. The number of benzene rings is 1. The summed E-state index contributed by atoms with van der Waals surface area (Å²) < 4.78 is 11.2. The predicted octanol–water partition coefficient (Wildman–Crippen LogP) is 2.34. The van der Waals surface area contributed by atoms with E-state index in [9.17, 15) is 4.79 Å². The van der Waals surface area contributed by atoms with Crippen molar-refractivity contribution in [2.75, 3.05) is 13.3 Å².